The second-order valence-electron chi connectivity index (χ2n) is 3.48. The van der Waals surface area contributed by atoms with Crippen LogP contribution in [0.5, 0.6) is 0 Å². The van der Waals surface area contributed by atoms with E-state index in [-0.39, 0.29) is 5.56 Å². The molecule has 0 fully saturated rings. The van der Waals surface area contributed by atoms with Gasteiger partial charge in [-0.1, -0.05) is 24.3 Å². The minimum Gasteiger partial charge on any atom is -0.478 e. The van der Waals surface area contributed by atoms with Crippen LogP contribution in [0.25, 0.3) is 0 Å². The Morgan fingerprint density at radius 1 is 1.22 bits per heavy atom. The van der Waals surface area contributed by atoms with Crippen molar-refractivity contribution in [2.45, 2.75) is 0 Å². The fourth-order valence-corrected chi connectivity index (χ4v) is 1.40. The minimum atomic E-state index is -0.977. The Bertz CT molecular complexity index is 567. The highest BCUT2D eigenvalue weighted by atomic mass is 16.4. The molecule has 0 aliphatic heterocycles. The van der Waals surface area contributed by atoms with Crippen LogP contribution in [0.4, 0.5) is 5.82 Å². The molecule has 0 saturated heterocycles. The van der Waals surface area contributed by atoms with Gasteiger partial charge in [-0.25, -0.2) is 9.78 Å². The molecule has 5 heteroatoms. The fourth-order valence-electron chi connectivity index (χ4n) is 1.40. The molecule has 0 amide bonds. The lowest BCUT2D eigenvalue weighted by molar-refractivity contribution is 0.0697. The maximum Gasteiger partial charge on any atom is 0.336 e. The molecular weight excluding hydrogens is 230 g/mol. The lowest BCUT2D eigenvalue weighted by Gasteiger charge is -2.00. The molecule has 5 nitrogen and oxygen atoms in total. The SMILES string of the molecule is O=C(O)c1ccccc1/C=N\Nc1ccccn1. The van der Waals surface area contributed by atoms with Gasteiger partial charge in [-0.2, -0.15) is 5.10 Å². The van der Waals surface area contributed by atoms with Crippen LogP contribution in [0.1, 0.15) is 15.9 Å². The van der Waals surface area contributed by atoms with Gasteiger partial charge < -0.3 is 5.11 Å². The zero-order valence-electron chi connectivity index (χ0n) is 9.45. The molecule has 90 valence electrons. The molecule has 0 aliphatic carbocycles. The van der Waals surface area contributed by atoms with Gasteiger partial charge in [0, 0.05) is 11.8 Å². The van der Waals surface area contributed by atoms with Crippen molar-refractivity contribution in [1.82, 2.24) is 4.98 Å². The number of aromatic carboxylic acids is 1. The number of pyridine rings is 1. The molecule has 18 heavy (non-hydrogen) atoms. The van der Waals surface area contributed by atoms with E-state index < -0.39 is 5.97 Å². The van der Waals surface area contributed by atoms with Crippen LogP contribution >= 0.6 is 0 Å². The molecule has 0 aliphatic rings. The number of hydrogen-bond acceptors (Lipinski definition) is 4. The largest absolute Gasteiger partial charge is 0.478 e. The van der Waals surface area contributed by atoms with Crippen LogP contribution in [-0.2, 0) is 0 Å². The van der Waals surface area contributed by atoms with Gasteiger partial charge in [0.05, 0.1) is 11.8 Å². The van der Waals surface area contributed by atoms with Gasteiger partial charge in [-0.05, 0) is 18.2 Å². The van der Waals surface area contributed by atoms with Gasteiger partial charge in [0.25, 0.3) is 0 Å². The summed E-state index contributed by atoms with van der Waals surface area (Å²) in [5, 5.41) is 12.9. The molecule has 0 atom stereocenters. The molecule has 2 N–H and O–H groups in total. The summed E-state index contributed by atoms with van der Waals surface area (Å²) in [5.41, 5.74) is 3.47. The molecule has 2 aromatic rings. The summed E-state index contributed by atoms with van der Waals surface area (Å²) >= 11 is 0. The predicted molar refractivity (Wildman–Crippen MR) is 68.9 cm³/mol. The highest BCUT2D eigenvalue weighted by Crippen LogP contribution is 2.06. The van der Waals surface area contributed by atoms with Crippen LogP contribution in [-0.4, -0.2) is 22.3 Å². The molecule has 0 saturated carbocycles. The normalized spacial score (nSPS) is 10.4. The Hall–Kier alpha value is -2.69. The molecule has 0 bridgehead atoms. The van der Waals surface area contributed by atoms with Crippen LogP contribution in [0.3, 0.4) is 0 Å². The first kappa shape index (κ1) is 11.8. The van der Waals surface area contributed by atoms with Crippen molar-refractivity contribution in [3.8, 4) is 0 Å². The zero-order valence-corrected chi connectivity index (χ0v) is 9.45. The lowest BCUT2D eigenvalue weighted by Crippen LogP contribution is -2.02. The highest BCUT2D eigenvalue weighted by molar-refractivity contribution is 5.98. The average Bonchev–Trinajstić information content (AvgIpc) is 2.40. The number of hydrazone groups is 1. The van der Waals surface area contributed by atoms with Crippen molar-refractivity contribution in [1.29, 1.82) is 0 Å². The zero-order chi connectivity index (χ0) is 12.8. The Kier molecular flexibility index (Phi) is 3.66. The third-order valence-electron chi connectivity index (χ3n) is 2.24. The third kappa shape index (κ3) is 2.91. The first-order chi connectivity index (χ1) is 8.77. The summed E-state index contributed by atoms with van der Waals surface area (Å²) < 4.78 is 0. The number of carboxylic acids is 1. The Morgan fingerprint density at radius 2 is 2.00 bits per heavy atom. The van der Waals surface area contributed by atoms with Crippen LogP contribution < -0.4 is 5.43 Å². The molecule has 0 unspecified atom stereocenters. The molecule has 1 heterocycles. The van der Waals surface area contributed by atoms with Gasteiger partial charge in [-0.3, -0.25) is 5.43 Å². The quantitative estimate of drug-likeness (QED) is 0.635. The van der Waals surface area contributed by atoms with E-state index in [1.807, 2.05) is 6.07 Å². The Balaban J connectivity index is 2.12. The average molecular weight is 241 g/mol. The van der Waals surface area contributed by atoms with Crippen molar-refractivity contribution < 1.29 is 9.90 Å². The summed E-state index contributed by atoms with van der Waals surface area (Å²) in [7, 11) is 0. The fraction of sp³-hybridized carbons (Fsp3) is 0. The monoisotopic (exact) mass is 241 g/mol. The standard InChI is InChI=1S/C13H11N3O2/c17-13(18)11-6-2-1-5-10(11)9-15-16-12-7-3-4-8-14-12/h1-9H,(H,14,16)(H,17,18)/b15-9-. The smallest absolute Gasteiger partial charge is 0.336 e. The van der Waals surface area contributed by atoms with Crippen molar-refractivity contribution in [3.63, 3.8) is 0 Å². The van der Waals surface area contributed by atoms with E-state index in [9.17, 15) is 4.79 Å². The number of aromatic nitrogens is 1. The van der Waals surface area contributed by atoms with E-state index in [0.717, 1.165) is 0 Å². The predicted octanol–water partition coefficient (Wildman–Crippen LogP) is 2.23. The first-order valence-electron chi connectivity index (χ1n) is 5.30. The van der Waals surface area contributed by atoms with Crippen LogP contribution in [0.15, 0.2) is 53.8 Å². The number of nitrogens with zero attached hydrogens (tertiary/aromatic N) is 2. The highest BCUT2D eigenvalue weighted by Gasteiger charge is 2.06. The van der Waals surface area contributed by atoms with Gasteiger partial charge in [0.2, 0.25) is 0 Å². The van der Waals surface area contributed by atoms with Crippen LogP contribution in [0.2, 0.25) is 0 Å². The number of anilines is 1. The molecule has 0 spiro atoms. The number of carbonyl (C=O) groups is 1. The van der Waals surface area contributed by atoms with E-state index in [0.29, 0.717) is 11.4 Å². The van der Waals surface area contributed by atoms with E-state index in [1.54, 1.807) is 36.5 Å². The Morgan fingerprint density at radius 3 is 2.72 bits per heavy atom. The first-order valence-corrected chi connectivity index (χ1v) is 5.30. The van der Waals surface area contributed by atoms with Gasteiger partial charge in [0.1, 0.15) is 5.82 Å². The topological polar surface area (TPSA) is 74.6 Å². The van der Waals surface area contributed by atoms with Gasteiger partial charge >= 0.3 is 5.97 Å². The van der Waals surface area contributed by atoms with Crippen molar-refractivity contribution in [2.24, 2.45) is 5.10 Å². The number of hydrogen-bond donors (Lipinski definition) is 2. The van der Waals surface area contributed by atoms with E-state index in [1.165, 1.54) is 12.3 Å². The number of benzene rings is 1. The maximum absolute atomic E-state index is 11.0. The number of rotatable bonds is 4. The van der Waals surface area contributed by atoms with Crippen LogP contribution in [0, 0.1) is 0 Å². The van der Waals surface area contributed by atoms with E-state index in [2.05, 4.69) is 15.5 Å². The van der Waals surface area contributed by atoms with Crippen molar-refractivity contribution in [3.05, 3.63) is 59.8 Å². The molecule has 1 aromatic carbocycles. The van der Waals surface area contributed by atoms with E-state index >= 15 is 0 Å². The van der Waals surface area contributed by atoms with E-state index in [4.69, 9.17) is 5.11 Å². The minimum absolute atomic E-state index is 0.212. The molecule has 2 rings (SSSR count). The molecular formula is C13H11N3O2. The second-order valence-corrected chi connectivity index (χ2v) is 3.48. The maximum atomic E-state index is 11.0. The third-order valence-corrected chi connectivity index (χ3v) is 2.24. The summed E-state index contributed by atoms with van der Waals surface area (Å²) in [6, 6.07) is 12.0. The number of carboxylic acid groups (broad SMARTS) is 1. The van der Waals surface area contributed by atoms with Crippen molar-refractivity contribution >= 4 is 18.0 Å². The molecule has 1 aromatic heterocycles. The lowest BCUT2D eigenvalue weighted by atomic mass is 10.1. The summed E-state index contributed by atoms with van der Waals surface area (Å²) in [5.74, 6) is -0.378. The Labute approximate surface area is 104 Å². The molecule has 0 radical (unpaired) electrons. The summed E-state index contributed by atoms with van der Waals surface area (Å²) in [6.07, 6.45) is 3.10. The summed E-state index contributed by atoms with van der Waals surface area (Å²) in [4.78, 5) is 15.0. The second kappa shape index (κ2) is 5.58. The summed E-state index contributed by atoms with van der Waals surface area (Å²) in [6.45, 7) is 0. The van der Waals surface area contributed by atoms with Gasteiger partial charge in [0.15, 0.2) is 0 Å². The van der Waals surface area contributed by atoms with Crippen molar-refractivity contribution in [2.75, 3.05) is 5.43 Å². The van der Waals surface area contributed by atoms with Gasteiger partial charge in [-0.15, -0.1) is 0 Å². The number of nitrogens with one attached hydrogen (secondary N) is 1.